The van der Waals surface area contributed by atoms with E-state index in [2.05, 4.69) is 40.5 Å². The fraction of sp³-hybridized carbons (Fsp3) is 0.294. The number of benzene rings is 2. The van der Waals surface area contributed by atoms with Crippen LogP contribution in [0.25, 0.3) is 44.3 Å². The Morgan fingerprint density at radius 2 is 1.10 bits per heavy atom. The first-order valence-corrected chi connectivity index (χ1v) is 15.5. The Kier molecular flexibility index (Phi) is 10.5. The van der Waals surface area contributed by atoms with Crippen molar-refractivity contribution in [3.8, 4) is 34.3 Å². The van der Waals surface area contributed by atoms with Gasteiger partial charge in [-0.3, -0.25) is 0 Å². The predicted octanol–water partition coefficient (Wildman–Crippen LogP) is 5.72. The van der Waals surface area contributed by atoms with E-state index in [4.69, 9.17) is 9.47 Å². The van der Waals surface area contributed by atoms with Crippen molar-refractivity contribution in [3.05, 3.63) is 73.8 Å². The Balaban J connectivity index is 0.000000188. The zero-order valence-corrected chi connectivity index (χ0v) is 27.7. The zero-order valence-electron chi connectivity index (χ0n) is 27.7. The van der Waals surface area contributed by atoms with Crippen molar-refractivity contribution in [3.63, 3.8) is 0 Å². The summed E-state index contributed by atoms with van der Waals surface area (Å²) in [4.78, 5) is 50.1. The molecule has 0 aliphatic rings. The van der Waals surface area contributed by atoms with Gasteiger partial charge in [-0.25, -0.2) is 38.7 Å². The molecule has 2 N–H and O–H groups in total. The molecule has 0 saturated carbocycles. The van der Waals surface area contributed by atoms with Gasteiger partial charge in [0.15, 0.2) is 0 Å². The molecule has 48 heavy (non-hydrogen) atoms. The number of nitrogens with one attached hydrogen (secondary N) is 2. The number of rotatable bonds is 8. The lowest BCUT2D eigenvalue weighted by Crippen LogP contribution is -2.35. The van der Waals surface area contributed by atoms with E-state index >= 15 is 0 Å². The second-order valence-electron chi connectivity index (χ2n) is 11.0. The van der Waals surface area contributed by atoms with Crippen molar-refractivity contribution in [1.82, 2.24) is 49.7 Å². The Morgan fingerprint density at radius 1 is 0.646 bits per heavy atom. The van der Waals surface area contributed by atoms with Crippen LogP contribution >= 0.6 is 0 Å². The summed E-state index contributed by atoms with van der Waals surface area (Å²) in [6, 6.07) is 11.5. The van der Waals surface area contributed by atoms with Crippen LogP contribution in [0.4, 0.5) is 9.59 Å². The third-order valence-corrected chi connectivity index (χ3v) is 7.77. The highest BCUT2D eigenvalue weighted by molar-refractivity contribution is 5.94. The van der Waals surface area contributed by atoms with Crippen LogP contribution in [0.2, 0.25) is 0 Å². The van der Waals surface area contributed by atoms with Gasteiger partial charge in [0.1, 0.15) is 12.7 Å². The molecule has 4 aromatic heterocycles. The van der Waals surface area contributed by atoms with Gasteiger partial charge in [-0.1, -0.05) is 26.0 Å². The highest BCUT2D eigenvalue weighted by Gasteiger charge is 2.20. The van der Waals surface area contributed by atoms with Crippen molar-refractivity contribution in [2.45, 2.75) is 52.6 Å². The number of fused-ring (bicyclic) bond motifs is 2. The fourth-order valence-electron chi connectivity index (χ4n) is 4.79. The van der Waals surface area contributed by atoms with Crippen LogP contribution < -0.4 is 20.1 Å². The lowest BCUT2D eigenvalue weighted by molar-refractivity contribution is 0.234. The van der Waals surface area contributed by atoms with Gasteiger partial charge in [-0.15, -0.1) is 0 Å². The molecule has 2 atom stereocenters. The summed E-state index contributed by atoms with van der Waals surface area (Å²) in [5, 5.41) is 5.87. The summed E-state index contributed by atoms with van der Waals surface area (Å²) in [7, 11) is 3.00. The minimum absolute atomic E-state index is 0.0605. The number of nitrogens with zero attached hydrogens (tertiary/aromatic N) is 8. The topological polar surface area (TPSA) is 164 Å². The van der Waals surface area contributed by atoms with E-state index in [1.165, 1.54) is 36.0 Å². The summed E-state index contributed by atoms with van der Waals surface area (Å²) in [5.74, 6) is 0. The highest BCUT2D eigenvalue weighted by Crippen LogP contribution is 2.28. The molecule has 0 aliphatic carbocycles. The van der Waals surface area contributed by atoms with Crippen molar-refractivity contribution in [1.29, 1.82) is 0 Å². The van der Waals surface area contributed by atoms with Gasteiger partial charge in [0.05, 0.1) is 36.3 Å². The molecule has 6 aromatic rings. The molecule has 0 aliphatic heterocycles. The van der Waals surface area contributed by atoms with Crippen molar-refractivity contribution in [2.75, 3.05) is 14.2 Å². The summed E-state index contributed by atoms with van der Waals surface area (Å²) in [6.45, 7) is 7.94. The van der Waals surface area contributed by atoms with Crippen LogP contribution in [0.1, 0.15) is 40.5 Å². The summed E-state index contributed by atoms with van der Waals surface area (Å²) >= 11 is 0. The number of ether oxygens (including phenoxy) is 2. The van der Waals surface area contributed by atoms with E-state index in [0.29, 0.717) is 22.1 Å². The normalized spacial score (nSPS) is 12.1. The van der Waals surface area contributed by atoms with Crippen molar-refractivity contribution < 1.29 is 19.1 Å². The smallest absolute Gasteiger partial charge is 0.330 e. The molecule has 6 rings (SSSR count). The van der Waals surface area contributed by atoms with Crippen LogP contribution in [0.15, 0.2) is 73.8 Å². The first kappa shape index (κ1) is 33.4. The van der Waals surface area contributed by atoms with Gasteiger partial charge in [-0.05, 0) is 62.1 Å². The zero-order chi connectivity index (χ0) is 34.2. The molecule has 0 radical (unpaired) electrons. The molecule has 2 aromatic carbocycles. The van der Waals surface area contributed by atoms with Crippen LogP contribution in [0.3, 0.4) is 0 Å². The Bertz CT molecular complexity index is 2010. The molecule has 0 spiro atoms. The minimum Gasteiger partial charge on any atom is -0.468 e. The van der Waals surface area contributed by atoms with Crippen molar-refractivity contribution >= 4 is 34.1 Å². The van der Waals surface area contributed by atoms with Crippen LogP contribution in [0.5, 0.6) is 12.0 Å². The largest absolute Gasteiger partial charge is 0.468 e. The first-order valence-electron chi connectivity index (χ1n) is 15.5. The highest BCUT2D eigenvalue weighted by atomic mass is 16.5. The molecule has 2 amide bonds. The Labute approximate surface area is 277 Å². The van der Waals surface area contributed by atoms with Gasteiger partial charge in [0.2, 0.25) is 0 Å². The molecule has 14 nitrogen and oxygen atoms in total. The third-order valence-electron chi connectivity index (χ3n) is 7.77. The molecule has 248 valence electrons. The lowest BCUT2D eigenvalue weighted by Gasteiger charge is -2.13. The molecule has 0 bridgehead atoms. The third kappa shape index (κ3) is 7.22. The molecular formula is C34H38N10O4. The number of hydrogen-bond donors (Lipinski definition) is 2. The number of methoxy groups -OCH3 is 2. The lowest BCUT2D eigenvalue weighted by atomic mass is 10.1. The van der Waals surface area contributed by atoms with Gasteiger partial charge in [-0.2, -0.15) is 9.97 Å². The van der Waals surface area contributed by atoms with Crippen molar-refractivity contribution in [2.24, 2.45) is 0 Å². The van der Waals surface area contributed by atoms with Crippen LogP contribution in [-0.2, 0) is 0 Å². The average molecular weight is 651 g/mol. The SMILES string of the molecule is CCC(C)NC(=O)n1c(OC)nc2cc(-c3cncnc3)ccc21.CCC(C)NC(=O)n1c(OC)nc2ccc(-c3cncnc3)cc21. The summed E-state index contributed by atoms with van der Waals surface area (Å²) in [6.07, 6.45) is 11.6. The number of hydrogen-bond acceptors (Lipinski definition) is 10. The van der Waals surface area contributed by atoms with Gasteiger partial charge in [0.25, 0.3) is 0 Å². The Morgan fingerprint density at radius 3 is 1.60 bits per heavy atom. The van der Waals surface area contributed by atoms with Gasteiger partial charge in [0, 0.05) is 48.0 Å². The average Bonchev–Trinajstić information content (AvgIpc) is 3.70. The molecule has 14 heteroatoms. The minimum atomic E-state index is -0.259. The number of imidazole rings is 2. The van der Waals surface area contributed by atoms with E-state index in [9.17, 15) is 9.59 Å². The second kappa shape index (κ2) is 15.1. The maximum atomic E-state index is 12.6. The first-order chi connectivity index (χ1) is 23.3. The van der Waals surface area contributed by atoms with Gasteiger partial charge < -0.3 is 20.1 Å². The molecule has 0 fully saturated rings. The predicted molar refractivity (Wildman–Crippen MR) is 182 cm³/mol. The van der Waals surface area contributed by atoms with E-state index in [1.807, 2.05) is 64.1 Å². The Hall–Kier alpha value is -5.92. The second-order valence-corrected chi connectivity index (χ2v) is 11.0. The quantitative estimate of drug-likeness (QED) is 0.208. The van der Waals surface area contributed by atoms with E-state index in [0.717, 1.165) is 35.1 Å². The standard InChI is InChI=1S/2C17H19N5O2/c1-4-11(2)20-16(23)22-15-6-5-12(13-8-18-10-19-9-13)7-14(15)21-17(22)24-3;1-4-11(2)20-16(23)22-15-7-12(13-8-18-10-19-9-13)5-6-14(15)21-17(22)24-3/h2*5-11H,4H2,1-3H3,(H,20,23). The molecule has 2 unspecified atom stereocenters. The fourth-order valence-corrected chi connectivity index (χ4v) is 4.79. The number of carbonyl (C=O) groups excluding carboxylic acids is 2. The van der Waals surface area contributed by atoms with E-state index < -0.39 is 0 Å². The van der Waals surface area contributed by atoms with E-state index in [1.54, 1.807) is 24.8 Å². The molecular weight excluding hydrogens is 612 g/mol. The number of carbonyl (C=O) groups is 2. The number of amides is 2. The summed E-state index contributed by atoms with van der Waals surface area (Å²) < 4.78 is 13.5. The number of aromatic nitrogens is 8. The monoisotopic (exact) mass is 650 g/mol. The van der Waals surface area contributed by atoms with E-state index in [-0.39, 0.29) is 36.2 Å². The van der Waals surface area contributed by atoms with Crippen LogP contribution in [-0.4, -0.2) is 77.4 Å². The molecule has 0 saturated heterocycles. The molecule has 4 heterocycles. The maximum Gasteiger partial charge on any atom is 0.330 e. The summed E-state index contributed by atoms with van der Waals surface area (Å²) in [5.41, 5.74) is 6.31. The van der Waals surface area contributed by atoms with Crippen LogP contribution in [0, 0.1) is 0 Å². The maximum absolute atomic E-state index is 12.6. The van der Waals surface area contributed by atoms with Gasteiger partial charge >= 0.3 is 24.1 Å².